The molecule has 0 radical (unpaired) electrons. The second-order valence-corrected chi connectivity index (χ2v) is 9.81. The Hall–Kier alpha value is -4.59. The minimum atomic E-state index is 0.491. The van der Waals surface area contributed by atoms with E-state index in [9.17, 15) is 0 Å². The number of fused-ring (bicyclic) bond motifs is 2. The Labute approximate surface area is 227 Å². The van der Waals surface area contributed by atoms with Crippen molar-refractivity contribution in [1.82, 2.24) is 10.3 Å². The highest BCUT2D eigenvalue weighted by molar-refractivity contribution is 6.03. The van der Waals surface area contributed by atoms with Gasteiger partial charge in [0, 0.05) is 5.57 Å². The smallest absolute Gasteiger partial charge is 0.222 e. The molecule has 0 bridgehead atoms. The molecule has 8 heteroatoms. The second kappa shape index (κ2) is 11.0. The maximum atomic E-state index is 6.74. The number of unbranched alkanes of at least 4 members (excludes halogenated alkanes) is 3. The van der Waals surface area contributed by atoms with Crippen molar-refractivity contribution in [1.29, 1.82) is 0 Å². The third-order valence-electron chi connectivity index (χ3n) is 7.19. The number of hydrogen-bond donors (Lipinski definition) is 1. The molecule has 2 N–H and O–H groups in total. The topological polar surface area (TPSA) is 96.9 Å². The number of hydrazone groups is 1. The van der Waals surface area contributed by atoms with Gasteiger partial charge in [0.1, 0.15) is 0 Å². The van der Waals surface area contributed by atoms with Crippen molar-refractivity contribution in [3.8, 4) is 0 Å². The average molecular weight is 521 g/mol. The van der Waals surface area contributed by atoms with Gasteiger partial charge >= 0.3 is 0 Å². The molecule has 3 aromatic carbocycles. The first-order chi connectivity index (χ1) is 19.2. The number of allylic oxidation sites excluding steroid dienone is 1. The first-order valence-electron chi connectivity index (χ1n) is 13.6. The third-order valence-corrected chi connectivity index (χ3v) is 7.19. The number of amidine groups is 1. The normalized spacial score (nSPS) is 14.0. The number of nitrogens with two attached hydrogens (primary N) is 1. The van der Waals surface area contributed by atoms with Crippen molar-refractivity contribution in [3.05, 3.63) is 95.7 Å². The Morgan fingerprint density at radius 3 is 2.05 bits per heavy atom. The van der Waals surface area contributed by atoms with E-state index in [2.05, 4.69) is 41.5 Å². The Morgan fingerprint density at radius 1 is 0.692 bits per heavy atom. The lowest BCUT2D eigenvalue weighted by atomic mass is 9.98. The van der Waals surface area contributed by atoms with Gasteiger partial charge in [0.05, 0.1) is 16.5 Å². The molecule has 3 heterocycles. The predicted molar refractivity (Wildman–Crippen MR) is 155 cm³/mol. The molecule has 0 saturated heterocycles. The van der Waals surface area contributed by atoms with Crippen molar-refractivity contribution in [3.63, 3.8) is 0 Å². The summed E-state index contributed by atoms with van der Waals surface area (Å²) in [4.78, 5) is 0. The van der Waals surface area contributed by atoms with Crippen LogP contribution in [0.1, 0.15) is 51.0 Å². The summed E-state index contributed by atoms with van der Waals surface area (Å²) in [7, 11) is 0. The molecule has 0 amide bonds. The maximum absolute atomic E-state index is 6.74. The standard InChI is InChI=1S/C31H32N6O2/c1-2-3-4-8-15-23-26(21-20-22-13-6-5-7-14-22)36(30-24-16-9-11-18-27(24)38-34-30)37(33-29(23)32)31-25-17-10-12-19-28(25)39-35-31/h5-7,9-14,16-19H,2-4,8,15,20-21H2,1H3,(H2,32,33). The van der Waals surface area contributed by atoms with Crippen molar-refractivity contribution in [2.75, 3.05) is 10.1 Å². The van der Waals surface area contributed by atoms with Gasteiger partial charge in [0.25, 0.3) is 0 Å². The van der Waals surface area contributed by atoms with Crippen molar-refractivity contribution in [2.45, 2.75) is 51.9 Å². The van der Waals surface area contributed by atoms with Gasteiger partial charge in [-0.05, 0) is 55.5 Å². The lowest BCUT2D eigenvalue weighted by molar-refractivity contribution is 0.447. The summed E-state index contributed by atoms with van der Waals surface area (Å²) in [5.74, 6) is 1.68. The number of aromatic nitrogens is 2. The van der Waals surface area contributed by atoms with Crippen LogP contribution in [0.4, 0.5) is 11.6 Å². The third kappa shape index (κ3) is 4.85. The van der Waals surface area contributed by atoms with E-state index in [1.54, 1.807) is 5.12 Å². The summed E-state index contributed by atoms with van der Waals surface area (Å²) in [6, 6.07) is 26.1. The SMILES string of the molecule is CCCCCCC1=C(CCc2ccccc2)N(c2noc3ccccc23)N(c2noc3ccccc23)N=C1N. The van der Waals surface area contributed by atoms with E-state index in [0.29, 0.717) is 28.6 Å². The molecule has 8 nitrogen and oxygen atoms in total. The van der Waals surface area contributed by atoms with Crippen LogP contribution >= 0.6 is 0 Å². The number of anilines is 2. The number of nitrogens with zero attached hydrogens (tertiary/aromatic N) is 5. The van der Waals surface area contributed by atoms with Gasteiger partial charge in [0.2, 0.25) is 11.6 Å². The average Bonchev–Trinajstić information content (AvgIpc) is 3.60. The zero-order valence-electron chi connectivity index (χ0n) is 22.1. The van der Waals surface area contributed by atoms with Gasteiger partial charge in [0.15, 0.2) is 17.0 Å². The predicted octanol–water partition coefficient (Wildman–Crippen LogP) is 7.34. The van der Waals surface area contributed by atoms with E-state index in [1.807, 2.05) is 59.6 Å². The van der Waals surface area contributed by atoms with Crippen LogP contribution in [-0.4, -0.2) is 16.1 Å². The fraction of sp³-hybridized carbons (Fsp3) is 0.258. The first-order valence-corrected chi connectivity index (χ1v) is 13.6. The highest BCUT2D eigenvalue weighted by Gasteiger charge is 2.35. The Morgan fingerprint density at radius 2 is 1.33 bits per heavy atom. The van der Waals surface area contributed by atoms with E-state index in [1.165, 1.54) is 18.4 Å². The molecule has 5 aromatic rings. The van der Waals surface area contributed by atoms with Gasteiger partial charge in [-0.3, -0.25) is 0 Å². The van der Waals surface area contributed by atoms with Gasteiger partial charge in [-0.1, -0.05) is 91.1 Å². The molecule has 0 saturated carbocycles. The van der Waals surface area contributed by atoms with Crippen LogP contribution in [0.3, 0.4) is 0 Å². The van der Waals surface area contributed by atoms with E-state index in [-0.39, 0.29) is 0 Å². The van der Waals surface area contributed by atoms with E-state index < -0.39 is 0 Å². The van der Waals surface area contributed by atoms with Gasteiger partial charge < -0.3 is 14.8 Å². The first kappa shape index (κ1) is 24.7. The van der Waals surface area contributed by atoms with Crippen molar-refractivity contribution < 1.29 is 9.05 Å². The number of para-hydroxylation sites is 2. The van der Waals surface area contributed by atoms with Crippen LogP contribution < -0.4 is 15.9 Å². The van der Waals surface area contributed by atoms with E-state index in [4.69, 9.17) is 19.9 Å². The number of benzene rings is 3. The van der Waals surface area contributed by atoms with Crippen molar-refractivity contribution >= 4 is 39.4 Å². The molecule has 39 heavy (non-hydrogen) atoms. The molecular weight excluding hydrogens is 488 g/mol. The van der Waals surface area contributed by atoms with Crippen LogP contribution in [0.5, 0.6) is 0 Å². The molecular formula is C31H32N6O2. The number of rotatable bonds is 10. The van der Waals surface area contributed by atoms with Crippen LogP contribution in [0.2, 0.25) is 0 Å². The molecule has 1 aliphatic rings. The van der Waals surface area contributed by atoms with Crippen LogP contribution in [-0.2, 0) is 6.42 Å². The lowest BCUT2D eigenvalue weighted by Crippen LogP contribution is -2.46. The van der Waals surface area contributed by atoms with E-state index >= 15 is 0 Å². The fourth-order valence-corrected chi connectivity index (χ4v) is 5.16. The molecule has 2 aromatic heterocycles. The van der Waals surface area contributed by atoms with Crippen LogP contribution in [0, 0.1) is 0 Å². The molecule has 0 spiro atoms. The maximum Gasteiger partial charge on any atom is 0.222 e. The summed E-state index contributed by atoms with van der Waals surface area (Å²) in [5, 5.41) is 19.3. The Balaban J connectivity index is 1.51. The molecule has 1 aliphatic heterocycles. The molecule has 0 atom stereocenters. The summed E-state index contributed by atoms with van der Waals surface area (Å²) in [6.45, 7) is 2.22. The summed E-state index contributed by atoms with van der Waals surface area (Å²) in [5.41, 5.74) is 11.4. The van der Waals surface area contributed by atoms with E-state index in [0.717, 1.165) is 54.1 Å². The molecule has 0 unspecified atom stereocenters. The quantitative estimate of drug-likeness (QED) is 0.192. The van der Waals surface area contributed by atoms with Crippen molar-refractivity contribution in [2.24, 2.45) is 10.8 Å². The fourth-order valence-electron chi connectivity index (χ4n) is 5.16. The van der Waals surface area contributed by atoms with Gasteiger partial charge in [-0.25, -0.2) is 5.01 Å². The summed E-state index contributed by atoms with van der Waals surface area (Å²) in [6.07, 6.45) is 6.95. The Bertz CT molecular complexity index is 1630. The number of hydrogen-bond acceptors (Lipinski definition) is 8. The number of aryl methyl sites for hydroxylation is 1. The molecule has 6 rings (SSSR count). The molecule has 0 aliphatic carbocycles. The number of hydrazine groups is 1. The minimum Gasteiger partial charge on any atom is -0.382 e. The lowest BCUT2D eigenvalue weighted by Gasteiger charge is -2.37. The zero-order chi connectivity index (χ0) is 26.6. The zero-order valence-corrected chi connectivity index (χ0v) is 22.1. The van der Waals surface area contributed by atoms with Crippen LogP contribution in [0.15, 0.2) is 104 Å². The van der Waals surface area contributed by atoms with Crippen LogP contribution in [0.25, 0.3) is 21.9 Å². The largest absolute Gasteiger partial charge is 0.382 e. The minimum absolute atomic E-state index is 0.491. The molecule has 0 fully saturated rings. The highest BCUT2D eigenvalue weighted by Crippen LogP contribution is 2.39. The highest BCUT2D eigenvalue weighted by atomic mass is 16.5. The monoisotopic (exact) mass is 520 g/mol. The van der Waals surface area contributed by atoms with Gasteiger partial charge in [-0.15, -0.1) is 10.2 Å². The summed E-state index contributed by atoms with van der Waals surface area (Å²) >= 11 is 0. The Kier molecular flexibility index (Phi) is 6.99. The summed E-state index contributed by atoms with van der Waals surface area (Å²) < 4.78 is 11.5. The second-order valence-electron chi connectivity index (χ2n) is 9.81. The van der Waals surface area contributed by atoms with Gasteiger partial charge in [-0.2, -0.15) is 0 Å². The molecule has 198 valence electrons.